The number of hydrogen-bond acceptors (Lipinski definition) is 4. The van der Waals surface area contributed by atoms with Crippen molar-refractivity contribution in [1.82, 2.24) is 0 Å². The molecule has 0 aliphatic heterocycles. The standard InChI is InChI=1S/C18H18O4/c1-14(18(20)22-16-10-6-3-7-11-16)12-17(19)21-13-15-8-4-2-5-9-15/h2-11,14H,12-13H2,1H3. The third-order valence-corrected chi connectivity index (χ3v) is 3.08. The van der Waals surface area contributed by atoms with Crippen molar-refractivity contribution in [3.05, 3.63) is 66.2 Å². The number of carbonyl (C=O) groups is 2. The largest absolute Gasteiger partial charge is 0.461 e. The van der Waals surface area contributed by atoms with Gasteiger partial charge in [-0.15, -0.1) is 0 Å². The smallest absolute Gasteiger partial charge is 0.314 e. The molecule has 4 nitrogen and oxygen atoms in total. The summed E-state index contributed by atoms with van der Waals surface area (Å²) >= 11 is 0. The first-order valence-electron chi connectivity index (χ1n) is 7.11. The molecule has 0 aliphatic rings. The van der Waals surface area contributed by atoms with E-state index in [2.05, 4.69) is 0 Å². The Bertz CT molecular complexity index is 607. The van der Waals surface area contributed by atoms with E-state index < -0.39 is 17.9 Å². The van der Waals surface area contributed by atoms with Crippen molar-refractivity contribution in [3.63, 3.8) is 0 Å². The summed E-state index contributed by atoms with van der Waals surface area (Å²) in [5.41, 5.74) is 0.912. The van der Waals surface area contributed by atoms with E-state index in [1.807, 2.05) is 36.4 Å². The van der Waals surface area contributed by atoms with Crippen LogP contribution in [-0.4, -0.2) is 11.9 Å². The summed E-state index contributed by atoms with van der Waals surface area (Å²) in [6.45, 7) is 1.86. The first-order valence-corrected chi connectivity index (χ1v) is 7.11. The lowest BCUT2D eigenvalue weighted by Crippen LogP contribution is -2.21. The van der Waals surface area contributed by atoms with Crippen molar-refractivity contribution in [2.45, 2.75) is 20.0 Å². The van der Waals surface area contributed by atoms with Gasteiger partial charge in [0.1, 0.15) is 12.4 Å². The fraction of sp³-hybridized carbons (Fsp3) is 0.222. The number of ether oxygens (including phenoxy) is 2. The summed E-state index contributed by atoms with van der Waals surface area (Å²) in [6, 6.07) is 18.2. The SMILES string of the molecule is CC(CC(=O)OCc1ccccc1)C(=O)Oc1ccccc1. The third-order valence-electron chi connectivity index (χ3n) is 3.08. The zero-order valence-corrected chi connectivity index (χ0v) is 12.4. The van der Waals surface area contributed by atoms with Gasteiger partial charge >= 0.3 is 11.9 Å². The van der Waals surface area contributed by atoms with Gasteiger partial charge in [-0.1, -0.05) is 55.5 Å². The molecular formula is C18H18O4. The predicted molar refractivity (Wildman–Crippen MR) is 82.1 cm³/mol. The zero-order valence-electron chi connectivity index (χ0n) is 12.4. The number of benzene rings is 2. The minimum absolute atomic E-state index is 0.00149. The van der Waals surface area contributed by atoms with E-state index >= 15 is 0 Å². The van der Waals surface area contributed by atoms with Gasteiger partial charge in [-0.05, 0) is 17.7 Å². The maximum atomic E-state index is 11.9. The minimum Gasteiger partial charge on any atom is -0.461 e. The van der Waals surface area contributed by atoms with E-state index in [0.29, 0.717) is 5.75 Å². The Hall–Kier alpha value is -2.62. The molecule has 0 heterocycles. The molecule has 0 aromatic heterocycles. The van der Waals surface area contributed by atoms with Crippen LogP contribution in [0.3, 0.4) is 0 Å². The lowest BCUT2D eigenvalue weighted by atomic mass is 10.1. The van der Waals surface area contributed by atoms with Gasteiger partial charge in [0, 0.05) is 0 Å². The van der Waals surface area contributed by atoms with E-state index in [0.717, 1.165) is 5.56 Å². The van der Waals surface area contributed by atoms with Gasteiger partial charge in [0.05, 0.1) is 12.3 Å². The normalized spacial score (nSPS) is 11.5. The van der Waals surface area contributed by atoms with Gasteiger partial charge < -0.3 is 9.47 Å². The van der Waals surface area contributed by atoms with Crippen molar-refractivity contribution >= 4 is 11.9 Å². The number of para-hydroxylation sites is 1. The van der Waals surface area contributed by atoms with Gasteiger partial charge in [0.25, 0.3) is 0 Å². The van der Waals surface area contributed by atoms with Crippen molar-refractivity contribution in [1.29, 1.82) is 0 Å². The van der Waals surface area contributed by atoms with Gasteiger partial charge in [0.2, 0.25) is 0 Å². The molecule has 1 unspecified atom stereocenters. The molecule has 2 aromatic rings. The second-order valence-corrected chi connectivity index (χ2v) is 4.99. The van der Waals surface area contributed by atoms with Crippen LogP contribution < -0.4 is 4.74 Å². The molecule has 0 aliphatic carbocycles. The third kappa shape index (κ3) is 5.05. The summed E-state index contributed by atoms with van der Waals surface area (Å²) in [5, 5.41) is 0. The summed E-state index contributed by atoms with van der Waals surface area (Å²) in [4.78, 5) is 23.6. The molecule has 0 N–H and O–H groups in total. The molecule has 0 saturated heterocycles. The van der Waals surface area contributed by atoms with Gasteiger partial charge in [-0.3, -0.25) is 9.59 Å². The first kappa shape index (κ1) is 15.8. The maximum Gasteiger partial charge on any atom is 0.314 e. The van der Waals surface area contributed by atoms with Crippen LogP contribution in [0.5, 0.6) is 5.75 Å². The Morgan fingerprint density at radius 1 is 0.955 bits per heavy atom. The second kappa shape index (κ2) is 7.98. The lowest BCUT2D eigenvalue weighted by Gasteiger charge is -2.11. The monoisotopic (exact) mass is 298 g/mol. The quantitative estimate of drug-likeness (QED) is 0.606. The van der Waals surface area contributed by atoms with Crippen molar-refractivity contribution in [2.75, 3.05) is 0 Å². The summed E-state index contributed by atoms with van der Waals surface area (Å²) in [7, 11) is 0. The summed E-state index contributed by atoms with van der Waals surface area (Å²) < 4.78 is 10.3. The van der Waals surface area contributed by atoms with Crippen LogP contribution in [0, 0.1) is 5.92 Å². The van der Waals surface area contributed by atoms with Gasteiger partial charge in [-0.2, -0.15) is 0 Å². The Labute approximate surface area is 129 Å². The lowest BCUT2D eigenvalue weighted by molar-refractivity contribution is -0.150. The van der Waals surface area contributed by atoms with Gasteiger partial charge in [-0.25, -0.2) is 0 Å². The molecule has 1 atom stereocenters. The number of esters is 2. The van der Waals surface area contributed by atoms with Crippen LogP contribution >= 0.6 is 0 Å². The Morgan fingerprint density at radius 3 is 2.18 bits per heavy atom. The molecule has 2 rings (SSSR count). The molecule has 0 fully saturated rings. The highest BCUT2D eigenvalue weighted by Gasteiger charge is 2.20. The molecule has 0 spiro atoms. The summed E-state index contributed by atoms with van der Waals surface area (Å²) in [5.74, 6) is -0.940. The molecule has 114 valence electrons. The molecular weight excluding hydrogens is 280 g/mol. The van der Waals surface area contributed by atoms with Crippen molar-refractivity contribution in [2.24, 2.45) is 5.92 Å². The highest BCUT2D eigenvalue weighted by atomic mass is 16.5. The second-order valence-electron chi connectivity index (χ2n) is 4.99. The van der Waals surface area contributed by atoms with Crippen LogP contribution in [0.4, 0.5) is 0 Å². The molecule has 4 heteroatoms. The van der Waals surface area contributed by atoms with Crippen LogP contribution in [0.2, 0.25) is 0 Å². The van der Waals surface area contributed by atoms with Gasteiger partial charge in [0.15, 0.2) is 0 Å². The Balaban J connectivity index is 1.77. The van der Waals surface area contributed by atoms with E-state index in [4.69, 9.17) is 9.47 Å². The van der Waals surface area contributed by atoms with Crippen LogP contribution in [-0.2, 0) is 20.9 Å². The molecule has 0 radical (unpaired) electrons. The molecule has 22 heavy (non-hydrogen) atoms. The predicted octanol–water partition coefficient (Wildman–Crippen LogP) is 3.36. The van der Waals surface area contributed by atoms with E-state index in [-0.39, 0.29) is 13.0 Å². The highest BCUT2D eigenvalue weighted by Crippen LogP contribution is 2.13. The number of hydrogen-bond donors (Lipinski definition) is 0. The fourth-order valence-corrected chi connectivity index (χ4v) is 1.84. The van der Waals surface area contributed by atoms with E-state index in [9.17, 15) is 9.59 Å². The molecule has 0 amide bonds. The minimum atomic E-state index is -0.552. The van der Waals surface area contributed by atoms with Crippen molar-refractivity contribution < 1.29 is 19.1 Å². The molecule has 0 saturated carbocycles. The first-order chi connectivity index (χ1) is 10.6. The average molecular weight is 298 g/mol. The van der Waals surface area contributed by atoms with Crippen LogP contribution in [0.25, 0.3) is 0 Å². The highest BCUT2D eigenvalue weighted by molar-refractivity contribution is 5.81. The maximum absolute atomic E-state index is 11.9. The number of carbonyl (C=O) groups excluding carboxylic acids is 2. The van der Waals surface area contributed by atoms with E-state index in [1.165, 1.54) is 0 Å². The van der Waals surface area contributed by atoms with Crippen LogP contribution in [0.1, 0.15) is 18.9 Å². The van der Waals surface area contributed by atoms with Crippen LogP contribution in [0.15, 0.2) is 60.7 Å². The average Bonchev–Trinajstić information content (AvgIpc) is 2.55. The topological polar surface area (TPSA) is 52.6 Å². The molecule has 0 bridgehead atoms. The van der Waals surface area contributed by atoms with E-state index in [1.54, 1.807) is 31.2 Å². The molecule has 2 aromatic carbocycles. The zero-order chi connectivity index (χ0) is 15.8. The fourth-order valence-electron chi connectivity index (χ4n) is 1.84. The Morgan fingerprint density at radius 2 is 1.55 bits per heavy atom. The number of rotatable bonds is 6. The Kier molecular flexibility index (Phi) is 5.72. The van der Waals surface area contributed by atoms with Crippen molar-refractivity contribution in [3.8, 4) is 5.75 Å². The summed E-state index contributed by atoms with van der Waals surface area (Å²) in [6.07, 6.45) is -0.00149.